The molecule has 4 rings (SSSR count). The average Bonchev–Trinajstić information content (AvgIpc) is 2.77. The first kappa shape index (κ1) is 21.8. The number of halogens is 3. The molecule has 1 aliphatic rings. The number of amides is 1. The van der Waals surface area contributed by atoms with E-state index in [2.05, 4.69) is 9.72 Å². The fourth-order valence-corrected chi connectivity index (χ4v) is 3.93. The lowest BCUT2D eigenvalue weighted by atomic mass is 10.0. The summed E-state index contributed by atoms with van der Waals surface area (Å²) in [6.07, 6.45) is -0.178. The predicted octanol–water partition coefficient (Wildman–Crippen LogP) is 2.72. The van der Waals surface area contributed by atoms with Crippen molar-refractivity contribution >= 4 is 16.8 Å². The second kappa shape index (κ2) is 8.99. The van der Waals surface area contributed by atoms with E-state index in [1.165, 1.54) is 21.6 Å². The third-order valence-corrected chi connectivity index (χ3v) is 5.53. The van der Waals surface area contributed by atoms with E-state index in [9.17, 15) is 27.6 Å². The first-order valence-corrected chi connectivity index (χ1v) is 10.1. The van der Waals surface area contributed by atoms with Crippen LogP contribution in [0.5, 0.6) is 0 Å². The number of piperidine rings is 1. The van der Waals surface area contributed by atoms with Gasteiger partial charge in [-0.15, -0.1) is 0 Å². The number of para-hydroxylation sites is 1. The summed E-state index contributed by atoms with van der Waals surface area (Å²) in [5, 5.41) is 0.333. The summed E-state index contributed by atoms with van der Waals surface area (Å²) >= 11 is 0. The molecule has 0 unspecified atom stereocenters. The maximum Gasteiger partial charge on any atom is 0.345 e. The highest BCUT2D eigenvalue weighted by Crippen LogP contribution is 2.21. The number of nitrogens with zero attached hydrogens (tertiary/aromatic N) is 2. The maximum absolute atomic E-state index is 14.5. The number of ether oxygens (including phenoxy) is 1. The van der Waals surface area contributed by atoms with Gasteiger partial charge in [0.1, 0.15) is 5.82 Å². The lowest BCUT2D eigenvalue weighted by Gasteiger charge is -2.31. The smallest absolute Gasteiger partial charge is 0.338 e. The van der Waals surface area contributed by atoms with Crippen molar-refractivity contribution in [1.29, 1.82) is 0 Å². The van der Waals surface area contributed by atoms with Crippen molar-refractivity contribution in [2.45, 2.75) is 32.1 Å². The summed E-state index contributed by atoms with van der Waals surface area (Å²) in [5.41, 5.74) is -0.384. The van der Waals surface area contributed by atoms with Crippen molar-refractivity contribution in [2.24, 2.45) is 0 Å². The fraction of sp³-hybridized carbons (Fsp3) is 0.318. The second-order valence-electron chi connectivity index (χ2n) is 7.57. The maximum atomic E-state index is 14.5. The van der Waals surface area contributed by atoms with E-state index in [1.807, 2.05) is 0 Å². The van der Waals surface area contributed by atoms with Gasteiger partial charge in [-0.2, -0.15) is 8.78 Å². The molecule has 1 fully saturated rings. The lowest BCUT2D eigenvalue weighted by molar-refractivity contribution is -0.171. The number of carbonyl (C=O) groups is 1. The van der Waals surface area contributed by atoms with Crippen LogP contribution in [0.1, 0.15) is 28.8 Å². The zero-order valence-electron chi connectivity index (χ0n) is 16.9. The highest BCUT2D eigenvalue weighted by atomic mass is 19.3. The Bertz CT molecular complexity index is 1260. The van der Waals surface area contributed by atoms with Gasteiger partial charge in [-0.25, -0.2) is 9.18 Å². The summed E-state index contributed by atoms with van der Waals surface area (Å²) in [6, 6.07) is 10.6. The molecular formula is C22H20F3N3O4. The summed E-state index contributed by atoms with van der Waals surface area (Å²) in [4.78, 5) is 40.9. The first-order valence-electron chi connectivity index (χ1n) is 10.1. The molecule has 0 aliphatic carbocycles. The molecule has 0 spiro atoms. The molecule has 0 radical (unpaired) electrons. The van der Waals surface area contributed by atoms with E-state index in [0.717, 1.165) is 6.07 Å². The van der Waals surface area contributed by atoms with Crippen LogP contribution >= 0.6 is 0 Å². The highest BCUT2D eigenvalue weighted by molar-refractivity contribution is 5.94. The van der Waals surface area contributed by atoms with Gasteiger partial charge in [-0.1, -0.05) is 18.2 Å². The van der Waals surface area contributed by atoms with Crippen molar-refractivity contribution in [3.63, 3.8) is 0 Å². The van der Waals surface area contributed by atoms with E-state index < -0.39 is 35.7 Å². The number of hydrogen-bond acceptors (Lipinski definition) is 4. The number of benzene rings is 2. The predicted molar refractivity (Wildman–Crippen MR) is 110 cm³/mol. The van der Waals surface area contributed by atoms with Gasteiger partial charge in [0.25, 0.3) is 11.5 Å². The SMILES string of the molecule is O=C(c1cc(Cn2c(=O)[nH]c(=O)c3ccccc32)ccc1F)N1CCC(OC(F)F)CC1. The molecule has 168 valence electrons. The van der Waals surface area contributed by atoms with Crippen molar-refractivity contribution in [3.8, 4) is 0 Å². The molecule has 2 heterocycles. The number of aromatic nitrogens is 2. The fourth-order valence-electron chi connectivity index (χ4n) is 3.93. The van der Waals surface area contributed by atoms with Crippen LogP contribution < -0.4 is 11.2 Å². The molecule has 0 atom stereocenters. The number of aromatic amines is 1. The molecule has 1 saturated heterocycles. The van der Waals surface area contributed by atoms with Crippen LogP contribution in [-0.2, 0) is 11.3 Å². The quantitative estimate of drug-likeness (QED) is 0.652. The van der Waals surface area contributed by atoms with Crippen molar-refractivity contribution in [1.82, 2.24) is 14.5 Å². The Morgan fingerprint density at radius 2 is 1.84 bits per heavy atom. The number of fused-ring (bicyclic) bond motifs is 1. The van der Waals surface area contributed by atoms with Gasteiger partial charge in [-0.05, 0) is 42.7 Å². The zero-order chi connectivity index (χ0) is 22.8. The van der Waals surface area contributed by atoms with Gasteiger partial charge in [0, 0.05) is 13.1 Å². The van der Waals surface area contributed by atoms with Gasteiger partial charge in [0.05, 0.1) is 29.1 Å². The minimum absolute atomic E-state index is 0.0149. The highest BCUT2D eigenvalue weighted by Gasteiger charge is 2.27. The van der Waals surface area contributed by atoms with E-state index in [4.69, 9.17) is 0 Å². The number of rotatable bonds is 5. The second-order valence-corrected chi connectivity index (χ2v) is 7.57. The summed E-state index contributed by atoms with van der Waals surface area (Å²) in [5.74, 6) is -1.28. The number of alkyl halides is 2. The molecule has 10 heteroatoms. The Morgan fingerprint density at radius 1 is 1.12 bits per heavy atom. The van der Waals surface area contributed by atoms with Gasteiger partial charge in [0.2, 0.25) is 0 Å². The number of nitrogens with one attached hydrogen (secondary N) is 1. The molecule has 3 aromatic rings. The van der Waals surface area contributed by atoms with E-state index in [1.54, 1.807) is 24.3 Å². The molecule has 1 aliphatic heterocycles. The number of hydrogen-bond donors (Lipinski definition) is 1. The summed E-state index contributed by atoms with van der Waals surface area (Å²) < 4.78 is 45.0. The van der Waals surface area contributed by atoms with Crippen molar-refractivity contribution < 1.29 is 22.7 Å². The molecule has 7 nitrogen and oxygen atoms in total. The first-order chi connectivity index (χ1) is 15.3. The Kier molecular flexibility index (Phi) is 6.13. The molecule has 1 aromatic heterocycles. The summed E-state index contributed by atoms with van der Waals surface area (Å²) in [7, 11) is 0. The van der Waals surface area contributed by atoms with Crippen LogP contribution in [0.25, 0.3) is 10.9 Å². The van der Waals surface area contributed by atoms with E-state index >= 15 is 0 Å². The number of likely N-dealkylation sites (tertiary alicyclic amines) is 1. The summed E-state index contributed by atoms with van der Waals surface area (Å²) in [6.45, 7) is -2.52. The van der Waals surface area contributed by atoms with Crippen LogP contribution in [-0.4, -0.2) is 46.2 Å². The van der Waals surface area contributed by atoms with Crippen LogP contribution in [0.4, 0.5) is 13.2 Å². The average molecular weight is 447 g/mol. The third kappa shape index (κ3) is 4.45. The molecule has 2 aromatic carbocycles. The Morgan fingerprint density at radius 3 is 2.56 bits per heavy atom. The zero-order valence-corrected chi connectivity index (χ0v) is 16.9. The molecular weight excluding hydrogens is 427 g/mol. The molecule has 0 saturated carbocycles. The van der Waals surface area contributed by atoms with E-state index in [0.29, 0.717) is 16.5 Å². The normalized spacial score (nSPS) is 14.9. The van der Waals surface area contributed by atoms with Crippen molar-refractivity contribution in [3.05, 3.63) is 80.2 Å². The lowest BCUT2D eigenvalue weighted by Crippen LogP contribution is -2.41. The van der Waals surface area contributed by atoms with Crippen molar-refractivity contribution in [2.75, 3.05) is 13.1 Å². The van der Waals surface area contributed by atoms with Gasteiger partial charge in [0.15, 0.2) is 0 Å². The minimum atomic E-state index is -2.87. The number of carbonyl (C=O) groups excluding carboxylic acids is 1. The number of H-pyrrole nitrogens is 1. The van der Waals surface area contributed by atoms with Crippen LogP contribution in [0.15, 0.2) is 52.1 Å². The van der Waals surface area contributed by atoms with Gasteiger partial charge >= 0.3 is 12.3 Å². The standard InChI is InChI=1S/C22H20F3N3O4/c23-17-6-5-13(12-28-18-4-2-1-3-15(18)19(29)26-22(28)31)11-16(17)20(30)27-9-7-14(8-10-27)32-21(24)25/h1-6,11,14,21H,7-10,12H2,(H,26,29,31). The molecule has 1 N–H and O–H groups in total. The van der Waals surface area contributed by atoms with Crippen LogP contribution in [0.2, 0.25) is 0 Å². The topological polar surface area (TPSA) is 84.4 Å². The van der Waals surface area contributed by atoms with Crippen LogP contribution in [0.3, 0.4) is 0 Å². The Labute approximate surface area is 180 Å². The molecule has 1 amide bonds. The largest absolute Gasteiger partial charge is 0.345 e. The van der Waals surface area contributed by atoms with E-state index in [-0.39, 0.29) is 38.0 Å². The minimum Gasteiger partial charge on any atom is -0.338 e. The Hall–Kier alpha value is -3.40. The van der Waals surface area contributed by atoms with Gasteiger partial charge < -0.3 is 9.64 Å². The molecule has 0 bridgehead atoms. The van der Waals surface area contributed by atoms with Gasteiger partial charge in [-0.3, -0.25) is 19.1 Å². The molecule has 32 heavy (non-hydrogen) atoms. The van der Waals surface area contributed by atoms with Crippen LogP contribution in [0, 0.1) is 5.82 Å². The third-order valence-electron chi connectivity index (χ3n) is 5.53. The Balaban J connectivity index is 1.58. The monoisotopic (exact) mass is 447 g/mol.